The van der Waals surface area contributed by atoms with E-state index in [1.807, 2.05) is 0 Å². The van der Waals surface area contributed by atoms with Crippen molar-refractivity contribution in [3.8, 4) is 5.75 Å². The fourth-order valence-corrected chi connectivity index (χ4v) is 2.24. The molecule has 0 saturated carbocycles. The molecule has 0 radical (unpaired) electrons. The molecule has 3 aromatic rings. The Morgan fingerprint density at radius 2 is 1.91 bits per heavy atom. The van der Waals surface area contributed by atoms with Crippen LogP contribution in [0.15, 0.2) is 57.7 Å². The minimum absolute atomic E-state index is 0.00288. The number of carbonyl (C=O) groups is 1. The molecule has 0 aliphatic heterocycles. The summed E-state index contributed by atoms with van der Waals surface area (Å²) in [5, 5.41) is 12.7. The molecule has 0 saturated heterocycles. The molecule has 2 N–H and O–H groups in total. The Labute approximate surface area is 129 Å². The first-order valence-electron chi connectivity index (χ1n) is 6.37. The van der Waals surface area contributed by atoms with Gasteiger partial charge in [0.2, 0.25) is 0 Å². The highest BCUT2D eigenvalue weighted by atomic mass is 35.5. The van der Waals surface area contributed by atoms with Crippen LogP contribution < -0.4 is 10.9 Å². The Balaban J connectivity index is 1.99. The van der Waals surface area contributed by atoms with Gasteiger partial charge in [-0.1, -0.05) is 23.7 Å². The van der Waals surface area contributed by atoms with Gasteiger partial charge in [-0.3, -0.25) is 4.79 Å². The maximum Gasteiger partial charge on any atom is 0.360 e. The number of amides is 1. The lowest BCUT2D eigenvalue weighted by Gasteiger charge is -2.06. The van der Waals surface area contributed by atoms with Gasteiger partial charge in [-0.05, 0) is 30.3 Å². The number of rotatable bonds is 2. The molecule has 1 aromatic heterocycles. The Morgan fingerprint density at radius 3 is 2.68 bits per heavy atom. The van der Waals surface area contributed by atoms with Crippen molar-refractivity contribution >= 4 is 34.2 Å². The van der Waals surface area contributed by atoms with E-state index in [0.29, 0.717) is 5.39 Å². The first kappa shape index (κ1) is 14.2. The van der Waals surface area contributed by atoms with E-state index < -0.39 is 11.5 Å². The number of carbonyl (C=O) groups excluding carboxylic acids is 1. The highest BCUT2D eigenvalue weighted by Gasteiger charge is 2.13. The van der Waals surface area contributed by atoms with Crippen LogP contribution in [0.1, 0.15) is 10.4 Å². The highest BCUT2D eigenvalue weighted by Crippen LogP contribution is 2.21. The molecule has 0 atom stereocenters. The maximum absolute atomic E-state index is 12.2. The first-order chi connectivity index (χ1) is 10.5. The number of halogens is 1. The zero-order chi connectivity index (χ0) is 15.7. The Morgan fingerprint density at radius 1 is 1.14 bits per heavy atom. The molecule has 1 heterocycles. The van der Waals surface area contributed by atoms with Crippen molar-refractivity contribution in [3.63, 3.8) is 0 Å². The van der Waals surface area contributed by atoms with Gasteiger partial charge in [-0.25, -0.2) is 4.79 Å². The zero-order valence-corrected chi connectivity index (χ0v) is 11.9. The van der Waals surface area contributed by atoms with Gasteiger partial charge < -0.3 is 14.8 Å². The van der Waals surface area contributed by atoms with Gasteiger partial charge in [0, 0.05) is 11.5 Å². The number of anilines is 1. The summed E-state index contributed by atoms with van der Waals surface area (Å²) in [5.74, 6) is -0.514. The summed E-state index contributed by atoms with van der Waals surface area (Å²) in [4.78, 5) is 24.1. The summed E-state index contributed by atoms with van der Waals surface area (Å²) in [6, 6.07) is 12.4. The predicted octanol–water partition coefficient (Wildman–Crippen LogP) is 3.40. The number of aromatic hydroxyl groups is 1. The van der Waals surface area contributed by atoms with E-state index in [0.717, 1.165) is 0 Å². The standard InChI is InChI=1S/C16H10ClNO4/c17-12-4-2-1-3-11(12)15(20)18-13-7-9-5-6-10(19)8-14(9)22-16(13)21/h1-8,19H,(H,18,20). The fourth-order valence-electron chi connectivity index (χ4n) is 2.02. The van der Waals surface area contributed by atoms with Crippen molar-refractivity contribution in [1.29, 1.82) is 0 Å². The van der Waals surface area contributed by atoms with Gasteiger partial charge >= 0.3 is 5.63 Å². The monoisotopic (exact) mass is 315 g/mol. The number of fused-ring (bicyclic) bond motifs is 1. The zero-order valence-electron chi connectivity index (χ0n) is 11.2. The average Bonchev–Trinajstić information content (AvgIpc) is 2.48. The summed E-state index contributed by atoms with van der Waals surface area (Å²) < 4.78 is 5.08. The summed E-state index contributed by atoms with van der Waals surface area (Å²) >= 11 is 5.95. The Kier molecular flexibility index (Phi) is 3.56. The van der Waals surface area contributed by atoms with Crippen LogP contribution in [0, 0.1) is 0 Å². The Hall–Kier alpha value is -2.79. The number of nitrogens with one attached hydrogen (secondary N) is 1. The molecule has 5 nitrogen and oxygen atoms in total. The smallest absolute Gasteiger partial charge is 0.360 e. The second-order valence-corrected chi connectivity index (χ2v) is 5.01. The second kappa shape index (κ2) is 5.54. The van der Waals surface area contributed by atoms with Crippen LogP contribution in [0.4, 0.5) is 5.69 Å². The molecule has 0 aliphatic carbocycles. The fraction of sp³-hybridized carbons (Fsp3) is 0. The number of phenols is 1. The summed E-state index contributed by atoms with van der Waals surface area (Å²) in [6.45, 7) is 0. The molecule has 1 amide bonds. The second-order valence-electron chi connectivity index (χ2n) is 4.60. The lowest BCUT2D eigenvalue weighted by atomic mass is 10.2. The van der Waals surface area contributed by atoms with Crippen molar-refractivity contribution in [2.24, 2.45) is 0 Å². The maximum atomic E-state index is 12.2. The molecule has 0 fully saturated rings. The van der Waals surface area contributed by atoms with Crippen molar-refractivity contribution in [2.75, 3.05) is 5.32 Å². The van der Waals surface area contributed by atoms with Gasteiger partial charge in [-0.15, -0.1) is 0 Å². The van der Waals surface area contributed by atoms with E-state index in [-0.39, 0.29) is 27.6 Å². The topological polar surface area (TPSA) is 79.5 Å². The molecule has 0 bridgehead atoms. The molecule has 2 aromatic carbocycles. The van der Waals surface area contributed by atoms with Crippen LogP contribution in [0.2, 0.25) is 5.02 Å². The molecule has 0 spiro atoms. The minimum Gasteiger partial charge on any atom is -0.508 e. The summed E-state index contributed by atoms with van der Waals surface area (Å²) in [5.41, 5.74) is -0.211. The van der Waals surface area contributed by atoms with Crippen LogP contribution in [0.5, 0.6) is 5.75 Å². The lowest BCUT2D eigenvalue weighted by Crippen LogP contribution is -2.18. The SMILES string of the molecule is O=C(Nc1cc2ccc(O)cc2oc1=O)c1ccccc1Cl. The molecule has 6 heteroatoms. The number of hydrogen-bond donors (Lipinski definition) is 2. The normalized spacial score (nSPS) is 10.6. The van der Waals surface area contributed by atoms with E-state index in [9.17, 15) is 14.7 Å². The van der Waals surface area contributed by atoms with E-state index >= 15 is 0 Å². The van der Waals surface area contributed by atoms with Gasteiger partial charge in [0.15, 0.2) is 0 Å². The molecule has 110 valence electrons. The molecule has 3 rings (SSSR count). The quantitative estimate of drug-likeness (QED) is 0.710. The van der Waals surface area contributed by atoms with E-state index in [1.165, 1.54) is 18.2 Å². The third-order valence-electron chi connectivity index (χ3n) is 3.09. The number of benzene rings is 2. The molecule has 22 heavy (non-hydrogen) atoms. The van der Waals surface area contributed by atoms with E-state index in [1.54, 1.807) is 30.3 Å². The number of phenolic OH excluding ortho intramolecular Hbond substituents is 1. The summed E-state index contributed by atoms with van der Waals surface area (Å²) in [7, 11) is 0. The third-order valence-corrected chi connectivity index (χ3v) is 3.42. The van der Waals surface area contributed by atoms with Gasteiger partial charge in [0.25, 0.3) is 5.91 Å². The predicted molar refractivity (Wildman–Crippen MR) is 83.6 cm³/mol. The average molecular weight is 316 g/mol. The van der Waals surface area contributed by atoms with Gasteiger partial charge in [0.05, 0.1) is 10.6 Å². The third kappa shape index (κ3) is 2.66. The highest BCUT2D eigenvalue weighted by molar-refractivity contribution is 6.34. The van der Waals surface area contributed by atoms with Crippen LogP contribution in [-0.2, 0) is 0 Å². The minimum atomic E-state index is -0.710. The van der Waals surface area contributed by atoms with Crippen molar-refractivity contribution < 1.29 is 14.3 Å². The van der Waals surface area contributed by atoms with Gasteiger partial charge in [0.1, 0.15) is 17.0 Å². The van der Waals surface area contributed by atoms with E-state index in [2.05, 4.69) is 5.32 Å². The Bertz CT molecular complexity index is 933. The van der Waals surface area contributed by atoms with Crippen molar-refractivity contribution in [3.05, 3.63) is 69.5 Å². The lowest BCUT2D eigenvalue weighted by molar-refractivity contribution is 0.102. The molecular formula is C16H10ClNO4. The van der Waals surface area contributed by atoms with Crippen molar-refractivity contribution in [1.82, 2.24) is 0 Å². The van der Waals surface area contributed by atoms with Crippen LogP contribution >= 0.6 is 11.6 Å². The van der Waals surface area contributed by atoms with Gasteiger partial charge in [-0.2, -0.15) is 0 Å². The molecule has 0 unspecified atom stereocenters. The van der Waals surface area contributed by atoms with Crippen LogP contribution in [0.3, 0.4) is 0 Å². The number of hydrogen-bond acceptors (Lipinski definition) is 4. The van der Waals surface area contributed by atoms with E-state index in [4.69, 9.17) is 16.0 Å². The molecular weight excluding hydrogens is 306 g/mol. The van der Waals surface area contributed by atoms with Crippen LogP contribution in [0.25, 0.3) is 11.0 Å². The van der Waals surface area contributed by atoms with Crippen LogP contribution in [-0.4, -0.2) is 11.0 Å². The molecule has 0 aliphatic rings. The largest absolute Gasteiger partial charge is 0.508 e. The van der Waals surface area contributed by atoms with Crippen molar-refractivity contribution in [2.45, 2.75) is 0 Å². The summed E-state index contributed by atoms with van der Waals surface area (Å²) in [6.07, 6.45) is 0. The first-order valence-corrected chi connectivity index (χ1v) is 6.75.